The number of carboxylic acids is 1. The highest BCUT2D eigenvalue weighted by atomic mass is 32.2. The molecule has 92 valence electrons. The fourth-order valence-electron chi connectivity index (χ4n) is 1.92. The number of carboxylic acid groups (broad SMARTS) is 1. The highest BCUT2D eigenvalue weighted by Gasteiger charge is 2.38. The van der Waals surface area contributed by atoms with E-state index in [1.54, 1.807) is 23.7 Å². The molecule has 1 atom stereocenters. The summed E-state index contributed by atoms with van der Waals surface area (Å²) in [5.41, 5.74) is 0. The second-order valence-electron chi connectivity index (χ2n) is 4.41. The smallest absolute Gasteiger partial charge is 0.303 e. The van der Waals surface area contributed by atoms with E-state index in [0.29, 0.717) is 13.0 Å². The summed E-state index contributed by atoms with van der Waals surface area (Å²) in [6.45, 7) is 2.52. The maximum atomic E-state index is 12.1. The number of amides is 1. The molecule has 0 aromatic heterocycles. The van der Waals surface area contributed by atoms with Crippen LogP contribution in [0, 0.1) is 0 Å². The molecule has 0 spiro atoms. The fourth-order valence-corrected chi connectivity index (χ4v) is 3.23. The van der Waals surface area contributed by atoms with Crippen LogP contribution < -0.4 is 0 Å². The Morgan fingerprint density at radius 2 is 2.19 bits per heavy atom. The Bertz CT molecular complexity index is 274. The van der Waals surface area contributed by atoms with Crippen molar-refractivity contribution < 1.29 is 14.7 Å². The summed E-state index contributed by atoms with van der Waals surface area (Å²) < 4.78 is -0.280. The van der Waals surface area contributed by atoms with Crippen LogP contribution in [-0.2, 0) is 9.59 Å². The second kappa shape index (κ2) is 5.57. The predicted octanol–water partition coefficient (Wildman–Crippen LogP) is 1.60. The highest BCUT2D eigenvalue weighted by Crippen LogP contribution is 2.38. The largest absolute Gasteiger partial charge is 0.481 e. The Hall–Kier alpha value is -0.710. The van der Waals surface area contributed by atoms with Crippen molar-refractivity contribution in [2.75, 3.05) is 19.3 Å². The van der Waals surface area contributed by atoms with Gasteiger partial charge in [0, 0.05) is 20.0 Å². The van der Waals surface area contributed by atoms with Crippen molar-refractivity contribution in [3.8, 4) is 0 Å². The molecule has 0 saturated carbocycles. The van der Waals surface area contributed by atoms with Crippen LogP contribution >= 0.6 is 11.8 Å². The SMILES string of the molecule is CN(CCCC(=O)O)C(=O)C1(C)CCCS1. The van der Waals surface area contributed by atoms with E-state index in [9.17, 15) is 9.59 Å². The number of aliphatic carboxylic acids is 1. The lowest BCUT2D eigenvalue weighted by atomic mass is 10.0. The summed E-state index contributed by atoms with van der Waals surface area (Å²) >= 11 is 1.71. The maximum absolute atomic E-state index is 12.1. The molecule has 1 saturated heterocycles. The van der Waals surface area contributed by atoms with E-state index in [1.165, 1.54) is 0 Å². The van der Waals surface area contributed by atoms with Crippen LogP contribution in [0.15, 0.2) is 0 Å². The zero-order valence-electron chi connectivity index (χ0n) is 9.86. The Kier molecular flexibility index (Phi) is 4.65. The van der Waals surface area contributed by atoms with Crippen LogP contribution in [0.4, 0.5) is 0 Å². The summed E-state index contributed by atoms with van der Waals surface area (Å²) in [6, 6.07) is 0. The molecule has 5 heteroatoms. The molecule has 0 radical (unpaired) electrons. The van der Waals surface area contributed by atoms with Gasteiger partial charge < -0.3 is 10.0 Å². The van der Waals surface area contributed by atoms with Crippen molar-refractivity contribution in [3.63, 3.8) is 0 Å². The molecule has 1 heterocycles. The Labute approximate surface area is 100 Å². The third kappa shape index (κ3) is 3.40. The molecule has 0 aromatic rings. The molecular formula is C11H19NO3S. The molecule has 0 aromatic carbocycles. The number of hydrogen-bond acceptors (Lipinski definition) is 3. The molecule has 1 fully saturated rings. The van der Waals surface area contributed by atoms with Gasteiger partial charge in [0.2, 0.25) is 5.91 Å². The van der Waals surface area contributed by atoms with Crippen LogP contribution in [-0.4, -0.2) is 46.0 Å². The van der Waals surface area contributed by atoms with Gasteiger partial charge in [0.1, 0.15) is 0 Å². The van der Waals surface area contributed by atoms with Gasteiger partial charge in [0.15, 0.2) is 0 Å². The van der Waals surface area contributed by atoms with E-state index in [2.05, 4.69) is 0 Å². The van der Waals surface area contributed by atoms with Gasteiger partial charge in [0.05, 0.1) is 4.75 Å². The highest BCUT2D eigenvalue weighted by molar-refractivity contribution is 8.01. The van der Waals surface area contributed by atoms with Gasteiger partial charge in [-0.2, -0.15) is 0 Å². The minimum atomic E-state index is -0.803. The molecule has 1 amide bonds. The number of thioether (sulfide) groups is 1. The van der Waals surface area contributed by atoms with Gasteiger partial charge in [-0.1, -0.05) is 0 Å². The molecule has 1 aliphatic heterocycles. The molecule has 16 heavy (non-hydrogen) atoms. The number of carbonyl (C=O) groups excluding carboxylic acids is 1. The molecule has 1 N–H and O–H groups in total. The minimum Gasteiger partial charge on any atom is -0.481 e. The van der Waals surface area contributed by atoms with Crippen molar-refractivity contribution in [2.24, 2.45) is 0 Å². The van der Waals surface area contributed by atoms with Gasteiger partial charge in [-0.25, -0.2) is 0 Å². The van der Waals surface area contributed by atoms with Crippen molar-refractivity contribution in [3.05, 3.63) is 0 Å². The topological polar surface area (TPSA) is 57.6 Å². The molecule has 0 aliphatic carbocycles. The lowest BCUT2D eigenvalue weighted by Gasteiger charge is -2.28. The van der Waals surface area contributed by atoms with Crippen LogP contribution in [0.25, 0.3) is 0 Å². The average Bonchev–Trinajstić information content (AvgIpc) is 2.64. The van der Waals surface area contributed by atoms with E-state index in [1.807, 2.05) is 6.92 Å². The van der Waals surface area contributed by atoms with Crippen LogP contribution in [0.1, 0.15) is 32.6 Å². The number of rotatable bonds is 5. The fraction of sp³-hybridized carbons (Fsp3) is 0.818. The standard InChI is InChI=1S/C11H19NO3S/c1-11(6-4-8-16-11)10(15)12(2)7-3-5-9(13)14/h3-8H2,1-2H3,(H,13,14). The van der Waals surface area contributed by atoms with Crippen molar-refractivity contribution in [1.82, 2.24) is 4.90 Å². The Balaban J connectivity index is 2.38. The van der Waals surface area contributed by atoms with Crippen LogP contribution in [0.3, 0.4) is 0 Å². The summed E-state index contributed by atoms with van der Waals surface area (Å²) in [5.74, 6) is 0.383. The molecule has 1 aliphatic rings. The van der Waals surface area contributed by atoms with Gasteiger partial charge in [0.25, 0.3) is 0 Å². The van der Waals surface area contributed by atoms with E-state index in [4.69, 9.17) is 5.11 Å². The summed E-state index contributed by atoms with van der Waals surface area (Å²) in [6.07, 6.45) is 2.68. The van der Waals surface area contributed by atoms with Gasteiger partial charge in [-0.15, -0.1) is 11.8 Å². The van der Waals surface area contributed by atoms with Crippen molar-refractivity contribution in [1.29, 1.82) is 0 Å². The normalized spacial score (nSPS) is 24.4. The van der Waals surface area contributed by atoms with E-state index in [0.717, 1.165) is 18.6 Å². The molecular weight excluding hydrogens is 226 g/mol. The zero-order chi connectivity index (χ0) is 12.2. The van der Waals surface area contributed by atoms with Crippen molar-refractivity contribution >= 4 is 23.6 Å². The maximum Gasteiger partial charge on any atom is 0.303 e. The van der Waals surface area contributed by atoms with E-state index < -0.39 is 5.97 Å². The summed E-state index contributed by atoms with van der Waals surface area (Å²) in [7, 11) is 1.76. The minimum absolute atomic E-state index is 0.126. The predicted molar refractivity (Wildman–Crippen MR) is 64.6 cm³/mol. The van der Waals surface area contributed by atoms with Crippen LogP contribution in [0.2, 0.25) is 0 Å². The first kappa shape index (κ1) is 13.4. The summed E-state index contributed by atoms with van der Waals surface area (Å²) in [5, 5.41) is 8.52. The number of carbonyl (C=O) groups is 2. The number of nitrogens with zero attached hydrogens (tertiary/aromatic N) is 1. The lowest BCUT2D eigenvalue weighted by Crippen LogP contribution is -2.42. The first-order valence-corrected chi connectivity index (χ1v) is 6.55. The quantitative estimate of drug-likeness (QED) is 0.799. The molecule has 4 nitrogen and oxygen atoms in total. The average molecular weight is 245 g/mol. The molecule has 1 unspecified atom stereocenters. The zero-order valence-corrected chi connectivity index (χ0v) is 10.7. The van der Waals surface area contributed by atoms with Crippen LogP contribution in [0.5, 0.6) is 0 Å². The molecule has 0 bridgehead atoms. The van der Waals surface area contributed by atoms with E-state index in [-0.39, 0.29) is 17.1 Å². The monoisotopic (exact) mass is 245 g/mol. The first-order valence-electron chi connectivity index (χ1n) is 5.57. The third-order valence-electron chi connectivity index (χ3n) is 2.90. The van der Waals surface area contributed by atoms with Gasteiger partial charge in [-0.05, 0) is 31.9 Å². The van der Waals surface area contributed by atoms with Gasteiger partial charge in [-0.3, -0.25) is 9.59 Å². The van der Waals surface area contributed by atoms with Crippen molar-refractivity contribution in [2.45, 2.75) is 37.4 Å². The Morgan fingerprint density at radius 1 is 1.50 bits per heavy atom. The second-order valence-corrected chi connectivity index (χ2v) is 6.00. The molecule has 1 rings (SSSR count). The Morgan fingerprint density at radius 3 is 2.69 bits per heavy atom. The third-order valence-corrected chi connectivity index (χ3v) is 4.41. The van der Waals surface area contributed by atoms with Gasteiger partial charge >= 0.3 is 5.97 Å². The van der Waals surface area contributed by atoms with E-state index >= 15 is 0 Å². The summed E-state index contributed by atoms with van der Waals surface area (Å²) in [4.78, 5) is 24.1. The lowest BCUT2D eigenvalue weighted by molar-refractivity contribution is -0.138. The number of hydrogen-bond donors (Lipinski definition) is 1. The first-order chi connectivity index (χ1) is 7.46.